The van der Waals surface area contributed by atoms with Crippen LogP contribution in [0.25, 0.3) is 6.08 Å². The Kier molecular flexibility index (Phi) is 6.74. The Hall–Kier alpha value is -1.72. The van der Waals surface area contributed by atoms with Crippen molar-refractivity contribution in [3.05, 3.63) is 28.8 Å². The third-order valence-corrected chi connectivity index (χ3v) is 3.95. The second-order valence-electron chi connectivity index (χ2n) is 5.18. The maximum Gasteiger partial charge on any atom is 0.244 e. The number of rotatable bonds is 7. The summed E-state index contributed by atoms with van der Waals surface area (Å²) >= 11 is 6.17. The first-order valence-electron chi connectivity index (χ1n) is 7.91. The van der Waals surface area contributed by atoms with E-state index in [1.807, 2.05) is 6.07 Å². The molecule has 2 rings (SSSR count). The van der Waals surface area contributed by atoms with Gasteiger partial charge in [0.25, 0.3) is 0 Å². The van der Waals surface area contributed by atoms with Crippen molar-refractivity contribution in [3.63, 3.8) is 0 Å². The normalized spacial score (nSPS) is 13.6. The van der Waals surface area contributed by atoms with Crippen molar-refractivity contribution < 1.29 is 14.3 Å². The zero-order chi connectivity index (χ0) is 16.7. The van der Waals surface area contributed by atoms with Gasteiger partial charge >= 0.3 is 0 Å². The predicted molar refractivity (Wildman–Crippen MR) is 92.3 cm³/mol. The average molecular weight is 339 g/mol. The van der Waals surface area contributed by atoms with Crippen LogP contribution < -0.4 is 14.8 Å². The third kappa shape index (κ3) is 5.15. The van der Waals surface area contributed by atoms with Crippen molar-refractivity contribution in [2.24, 2.45) is 0 Å². The van der Waals surface area contributed by atoms with Crippen LogP contribution in [0, 0.1) is 0 Å². The van der Waals surface area contributed by atoms with Crippen molar-refractivity contribution in [1.29, 1.82) is 0 Å². The van der Waals surface area contributed by atoms with Crippen LogP contribution in [0.1, 0.15) is 19.4 Å². The Morgan fingerprint density at radius 3 is 2.78 bits per heavy atom. The van der Waals surface area contributed by atoms with E-state index in [0.29, 0.717) is 36.3 Å². The molecule has 0 fully saturated rings. The van der Waals surface area contributed by atoms with Crippen molar-refractivity contribution >= 4 is 23.6 Å². The lowest BCUT2D eigenvalue weighted by Gasteiger charge is -2.19. The van der Waals surface area contributed by atoms with Gasteiger partial charge in [-0.3, -0.25) is 4.79 Å². The van der Waals surface area contributed by atoms with E-state index in [-0.39, 0.29) is 5.91 Å². The van der Waals surface area contributed by atoms with Crippen LogP contribution in [-0.4, -0.2) is 50.2 Å². The lowest BCUT2D eigenvalue weighted by atomic mass is 10.1. The SMILES string of the molecule is CCN(CC)CCNC(=O)/C=C/c1cc(Cl)c2c(c1)OCCO2. The van der Waals surface area contributed by atoms with Gasteiger partial charge < -0.3 is 19.7 Å². The molecule has 6 heteroatoms. The molecule has 0 bridgehead atoms. The summed E-state index contributed by atoms with van der Waals surface area (Å²) in [6.45, 7) is 8.66. The molecule has 0 saturated heterocycles. The predicted octanol–water partition coefficient (Wildman–Crippen LogP) is 2.58. The fraction of sp³-hybridized carbons (Fsp3) is 0.471. The first kappa shape index (κ1) is 17.6. The van der Waals surface area contributed by atoms with E-state index in [4.69, 9.17) is 21.1 Å². The number of fused-ring (bicyclic) bond motifs is 1. The standard InChI is InChI=1S/C17H23ClN2O3/c1-3-20(4-2)8-7-19-16(21)6-5-13-11-14(18)17-15(12-13)22-9-10-23-17/h5-6,11-12H,3-4,7-10H2,1-2H3,(H,19,21)/b6-5+. The average Bonchev–Trinajstić information content (AvgIpc) is 2.57. The van der Waals surface area contributed by atoms with Crippen molar-refractivity contribution in [3.8, 4) is 11.5 Å². The van der Waals surface area contributed by atoms with Gasteiger partial charge in [-0.1, -0.05) is 25.4 Å². The number of nitrogens with zero attached hydrogens (tertiary/aromatic N) is 1. The van der Waals surface area contributed by atoms with E-state index in [0.717, 1.165) is 25.2 Å². The molecule has 0 aromatic heterocycles. The summed E-state index contributed by atoms with van der Waals surface area (Å²) in [6, 6.07) is 3.58. The molecule has 1 N–H and O–H groups in total. The molecule has 1 aromatic carbocycles. The summed E-state index contributed by atoms with van der Waals surface area (Å²) in [6.07, 6.45) is 3.22. The minimum Gasteiger partial charge on any atom is -0.486 e. The van der Waals surface area contributed by atoms with Gasteiger partial charge in [0, 0.05) is 19.2 Å². The highest BCUT2D eigenvalue weighted by molar-refractivity contribution is 6.32. The maximum atomic E-state index is 11.8. The smallest absolute Gasteiger partial charge is 0.244 e. The first-order valence-corrected chi connectivity index (χ1v) is 8.29. The van der Waals surface area contributed by atoms with Crippen molar-refractivity contribution in [2.75, 3.05) is 39.4 Å². The molecule has 23 heavy (non-hydrogen) atoms. The van der Waals surface area contributed by atoms with Gasteiger partial charge in [0.1, 0.15) is 13.2 Å². The van der Waals surface area contributed by atoms with Crippen LogP contribution in [0.4, 0.5) is 0 Å². The van der Waals surface area contributed by atoms with Gasteiger partial charge in [-0.2, -0.15) is 0 Å². The largest absolute Gasteiger partial charge is 0.486 e. The van der Waals surface area contributed by atoms with Gasteiger partial charge in [0.15, 0.2) is 11.5 Å². The first-order chi connectivity index (χ1) is 11.1. The van der Waals surface area contributed by atoms with Crippen LogP contribution in [0.2, 0.25) is 5.02 Å². The second kappa shape index (κ2) is 8.79. The number of benzene rings is 1. The molecule has 0 unspecified atom stereocenters. The Labute approximate surface area is 142 Å². The van der Waals surface area contributed by atoms with Gasteiger partial charge in [0.05, 0.1) is 5.02 Å². The molecule has 1 amide bonds. The minimum atomic E-state index is -0.122. The number of hydrogen-bond donors (Lipinski definition) is 1. The topological polar surface area (TPSA) is 50.8 Å². The minimum absolute atomic E-state index is 0.122. The number of carbonyl (C=O) groups excluding carboxylic acids is 1. The highest BCUT2D eigenvalue weighted by Crippen LogP contribution is 2.38. The van der Waals surface area contributed by atoms with Crippen LogP contribution in [0.3, 0.4) is 0 Å². The molecule has 0 atom stereocenters. The number of ether oxygens (including phenoxy) is 2. The van der Waals surface area contributed by atoms with Crippen molar-refractivity contribution in [1.82, 2.24) is 10.2 Å². The summed E-state index contributed by atoms with van der Waals surface area (Å²) in [5.74, 6) is 1.06. The van der Waals surface area contributed by atoms with Crippen LogP contribution in [-0.2, 0) is 4.79 Å². The molecule has 1 aliphatic rings. The van der Waals surface area contributed by atoms with Gasteiger partial charge in [0.2, 0.25) is 5.91 Å². The van der Waals surface area contributed by atoms with E-state index >= 15 is 0 Å². The van der Waals surface area contributed by atoms with Gasteiger partial charge in [-0.05, 0) is 36.9 Å². The second-order valence-corrected chi connectivity index (χ2v) is 5.59. The number of halogens is 1. The fourth-order valence-electron chi connectivity index (χ4n) is 2.33. The monoisotopic (exact) mass is 338 g/mol. The zero-order valence-corrected chi connectivity index (χ0v) is 14.4. The summed E-state index contributed by atoms with van der Waals surface area (Å²) in [4.78, 5) is 14.1. The van der Waals surface area contributed by atoms with E-state index in [1.54, 1.807) is 12.1 Å². The zero-order valence-electron chi connectivity index (χ0n) is 13.6. The van der Waals surface area contributed by atoms with Crippen LogP contribution >= 0.6 is 11.6 Å². The molecule has 0 saturated carbocycles. The number of hydrogen-bond acceptors (Lipinski definition) is 4. The van der Waals surface area contributed by atoms with Crippen LogP contribution in [0.15, 0.2) is 18.2 Å². The molecule has 1 aromatic rings. The fourth-order valence-corrected chi connectivity index (χ4v) is 2.61. The van der Waals surface area contributed by atoms with E-state index in [1.165, 1.54) is 6.08 Å². The summed E-state index contributed by atoms with van der Waals surface area (Å²) < 4.78 is 11.0. The third-order valence-electron chi connectivity index (χ3n) is 3.67. The molecule has 0 radical (unpaired) electrons. The molecular formula is C17H23ClN2O3. The molecule has 1 aliphatic heterocycles. The lowest BCUT2D eigenvalue weighted by Crippen LogP contribution is -2.34. The van der Waals surface area contributed by atoms with E-state index < -0.39 is 0 Å². The molecule has 126 valence electrons. The quantitative estimate of drug-likeness (QED) is 0.776. The Balaban J connectivity index is 1.89. The van der Waals surface area contributed by atoms with E-state index in [2.05, 4.69) is 24.1 Å². The Morgan fingerprint density at radius 2 is 2.04 bits per heavy atom. The molecule has 1 heterocycles. The van der Waals surface area contributed by atoms with Gasteiger partial charge in [-0.25, -0.2) is 0 Å². The highest BCUT2D eigenvalue weighted by atomic mass is 35.5. The molecule has 5 nitrogen and oxygen atoms in total. The molecular weight excluding hydrogens is 316 g/mol. The highest BCUT2D eigenvalue weighted by Gasteiger charge is 2.15. The molecule has 0 aliphatic carbocycles. The van der Waals surface area contributed by atoms with Crippen molar-refractivity contribution in [2.45, 2.75) is 13.8 Å². The summed E-state index contributed by atoms with van der Waals surface area (Å²) in [5, 5.41) is 3.36. The Morgan fingerprint density at radius 1 is 1.30 bits per heavy atom. The summed E-state index contributed by atoms with van der Waals surface area (Å²) in [5.41, 5.74) is 0.804. The number of nitrogens with one attached hydrogen (secondary N) is 1. The van der Waals surface area contributed by atoms with E-state index in [9.17, 15) is 4.79 Å². The summed E-state index contributed by atoms with van der Waals surface area (Å²) in [7, 11) is 0. The number of carbonyl (C=O) groups is 1. The maximum absolute atomic E-state index is 11.8. The van der Waals surface area contributed by atoms with Crippen LogP contribution in [0.5, 0.6) is 11.5 Å². The Bertz CT molecular complexity index is 571. The number of amides is 1. The lowest BCUT2D eigenvalue weighted by molar-refractivity contribution is -0.116. The van der Waals surface area contributed by atoms with Gasteiger partial charge in [-0.15, -0.1) is 0 Å². The number of likely N-dealkylation sites (N-methyl/N-ethyl adjacent to an activating group) is 1. The molecule has 0 spiro atoms.